The van der Waals surface area contributed by atoms with E-state index in [0.717, 1.165) is 47.4 Å². The number of unbranched alkanes of at least 4 members (excludes halogenated alkanes) is 5. The van der Waals surface area contributed by atoms with Crippen molar-refractivity contribution in [2.45, 2.75) is 52.0 Å². The summed E-state index contributed by atoms with van der Waals surface area (Å²) >= 11 is 0. The topological polar surface area (TPSA) is 65.3 Å². The SMILES string of the molecule is CCCCCCCCn1c2ccc(-c3ccc(C=O)o3)cc2c2cc(-c3ccc(C=O)o3)ccc21. The van der Waals surface area contributed by atoms with Crippen LogP contribution in [-0.4, -0.2) is 17.1 Å². The summed E-state index contributed by atoms with van der Waals surface area (Å²) in [7, 11) is 0. The largest absolute Gasteiger partial charge is 0.453 e. The Hall–Kier alpha value is -3.86. The fraction of sp³-hybridized carbons (Fsp3) is 0.267. The minimum atomic E-state index is 0.316. The molecule has 0 saturated heterocycles. The Balaban J connectivity index is 1.57. The van der Waals surface area contributed by atoms with E-state index in [9.17, 15) is 9.59 Å². The van der Waals surface area contributed by atoms with Gasteiger partial charge in [0.1, 0.15) is 11.5 Å². The summed E-state index contributed by atoms with van der Waals surface area (Å²) in [4.78, 5) is 22.2. The third-order valence-corrected chi connectivity index (χ3v) is 6.66. The van der Waals surface area contributed by atoms with Crippen LogP contribution >= 0.6 is 0 Å². The fourth-order valence-corrected chi connectivity index (χ4v) is 4.84. The molecule has 5 aromatic rings. The number of carbonyl (C=O) groups is 2. The highest BCUT2D eigenvalue weighted by atomic mass is 16.3. The maximum Gasteiger partial charge on any atom is 0.185 e. The third-order valence-electron chi connectivity index (χ3n) is 6.66. The highest BCUT2D eigenvalue weighted by Crippen LogP contribution is 2.36. The first-order valence-corrected chi connectivity index (χ1v) is 12.4. The van der Waals surface area contributed by atoms with E-state index in [1.165, 1.54) is 43.1 Å². The van der Waals surface area contributed by atoms with Gasteiger partial charge >= 0.3 is 0 Å². The van der Waals surface area contributed by atoms with Gasteiger partial charge in [0, 0.05) is 39.5 Å². The Morgan fingerprint density at radius 1 is 0.657 bits per heavy atom. The second-order valence-electron chi connectivity index (χ2n) is 9.02. The van der Waals surface area contributed by atoms with Crippen LogP contribution < -0.4 is 0 Å². The van der Waals surface area contributed by atoms with E-state index >= 15 is 0 Å². The van der Waals surface area contributed by atoms with Gasteiger partial charge in [-0.05, 0) is 67.1 Å². The molecule has 3 heterocycles. The van der Waals surface area contributed by atoms with Crippen molar-refractivity contribution in [3.05, 3.63) is 72.2 Å². The summed E-state index contributed by atoms with van der Waals surface area (Å²) in [6.45, 7) is 3.20. The molecule has 0 aliphatic rings. The van der Waals surface area contributed by atoms with Gasteiger partial charge in [0.2, 0.25) is 0 Å². The van der Waals surface area contributed by atoms with Gasteiger partial charge in [-0.1, -0.05) is 39.0 Å². The van der Waals surface area contributed by atoms with Crippen LogP contribution in [0.25, 0.3) is 44.5 Å². The number of hydrogen-bond donors (Lipinski definition) is 0. The first-order valence-electron chi connectivity index (χ1n) is 12.4. The fourth-order valence-electron chi connectivity index (χ4n) is 4.84. The minimum absolute atomic E-state index is 0.316. The normalized spacial score (nSPS) is 11.5. The zero-order chi connectivity index (χ0) is 24.2. The Labute approximate surface area is 204 Å². The van der Waals surface area contributed by atoms with Crippen LogP contribution in [0.3, 0.4) is 0 Å². The van der Waals surface area contributed by atoms with Gasteiger partial charge in [0.25, 0.3) is 0 Å². The lowest BCUT2D eigenvalue weighted by molar-refractivity contribution is 0.109. The summed E-state index contributed by atoms with van der Waals surface area (Å²) < 4.78 is 13.8. The van der Waals surface area contributed by atoms with Gasteiger partial charge < -0.3 is 13.4 Å². The molecule has 5 heteroatoms. The quantitative estimate of drug-likeness (QED) is 0.145. The second kappa shape index (κ2) is 10.2. The molecule has 0 unspecified atom stereocenters. The standard InChI is InChI=1S/C30H29NO4/c1-2-3-4-5-6-7-16-31-27-12-8-21(29-14-10-23(19-32)34-29)17-25(27)26-18-22(9-13-28(26)31)30-15-11-24(20-33)35-30/h8-15,17-20H,2-7,16H2,1H3. The zero-order valence-electron chi connectivity index (χ0n) is 20.0. The molecule has 2 aromatic carbocycles. The zero-order valence-corrected chi connectivity index (χ0v) is 20.0. The molecule has 0 saturated carbocycles. The minimum Gasteiger partial charge on any atom is -0.453 e. The molecular formula is C30H29NO4. The molecule has 5 nitrogen and oxygen atoms in total. The van der Waals surface area contributed by atoms with Gasteiger partial charge in [-0.3, -0.25) is 9.59 Å². The molecule has 0 radical (unpaired) electrons. The number of hydrogen-bond acceptors (Lipinski definition) is 4. The molecule has 0 amide bonds. The maximum absolute atomic E-state index is 11.1. The first-order chi connectivity index (χ1) is 17.2. The van der Waals surface area contributed by atoms with E-state index in [4.69, 9.17) is 8.83 Å². The van der Waals surface area contributed by atoms with Crippen LogP contribution in [0.15, 0.2) is 69.5 Å². The van der Waals surface area contributed by atoms with Crippen molar-refractivity contribution in [3.8, 4) is 22.6 Å². The van der Waals surface area contributed by atoms with E-state index < -0.39 is 0 Å². The van der Waals surface area contributed by atoms with Gasteiger partial charge in [-0.15, -0.1) is 0 Å². The van der Waals surface area contributed by atoms with Gasteiger partial charge in [0.05, 0.1) is 0 Å². The lowest BCUT2D eigenvalue weighted by Gasteiger charge is -2.08. The number of carbonyl (C=O) groups excluding carboxylic acids is 2. The van der Waals surface area contributed by atoms with Crippen LogP contribution in [0.5, 0.6) is 0 Å². The van der Waals surface area contributed by atoms with E-state index in [1.54, 1.807) is 12.1 Å². The molecule has 0 N–H and O–H groups in total. The van der Waals surface area contributed by atoms with Gasteiger partial charge in [-0.25, -0.2) is 0 Å². The number of aldehydes is 2. The van der Waals surface area contributed by atoms with Crippen molar-refractivity contribution in [2.75, 3.05) is 0 Å². The summed E-state index contributed by atoms with van der Waals surface area (Å²) in [6.07, 6.45) is 8.93. The number of benzene rings is 2. The number of rotatable bonds is 11. The van der Waals surface area contributed by atoms with Crippen LogP contribution in [0, 0.1) is 0 Å². The predicted molar refractivity (Wildman–Crippen MR) is 139 cm³/mol. The highest BCUT2D eigenvalue weighted by Gasteiger charge is 2.15. The lowest BCUT2D eigenvalue weighted by atomic mass is 10.1. The van der Waals surface area contributed by atoms with E-state index in [1.807, 2.05) is 12.1 Å². The summed E-state index contributed by atoms with van der Waals surface area (Å²) in [5.74, 6) is 1.97. The van der Waals surface area contributed by atoms with Crippen molar-refractivity contribution >= 4 is 34.4 Å². The predicted octanol–water partition coefficient (Wildman–Crippen LogP) is 8.30. The van der Waals surface area contributed by atoms with Crippen molar-refractivity contribution < 1.29 is 18.4 Å². The van der Waals surface area contributed by atoms with E-state index in [-0.39, 0.29) is 0 Å². The highest BCUT2D eigenvalue weighted by molar-refractivity contribution is 6.10. The van der Waals surface area contributed by atoms with Crippen LogP contribution in [0.1, 0.15) is 66.6 Å². The molecule has 0 fully saturated rings. The molecule has 0 bridgehead atoms. The molecule has 0 atom stereocenters. The van der Waals surface area contributed by atoms with E-state index in [2.05, 4.69) is 47.9 Å². The molecule has 3 aromatic heterocycles. The van der Waals surface area contributed by atoms with Gasteiger partial charge in [0.15, 0.2) is 24.1 Å². The number of fused-ring (bicyclic) bond motifs is 3. The Bertz CT molecular complexity index is 1380. The molecular weight excluding hydrogens is 438 g/mol. The average Bonchev–Trinajstić information content (AvgIpc) is 3.63. The molecule has 5 rings (SSSR count). The van der Waals surface area contributed by atoms with Gasteiger partial charge in [-0.2, -0.15) is 0 Å². The number of nitrogens with zero attached hydrogens (tertiary/aromatic N) is 1. The molecule has 0 spiro atoms. The van der Waals surface area contributed by atoms with Crippen molar-refractivity contribution in [1.82, 2.24) is 4.57 Å². The smallest absolute Gasteiger partial charge is 0.185 e. The Morgan fingerprint density at radius 3 is 1.66 bits per heavy atom. The summed E-state index contributed by atoms with van der Waals surface area (Å²) in [5, 5.41) is 2.24. The number of aromatic nitrogens is 1. The molecule has 35 heavy (non-hydrogen) atoms. The molecule has 0 aliphatic heterocycles. The maximum atomic E-state index is 11.1. The third kappa shape index (κ3) is 4.59. The Morgan fingerprint density at radius 2 is 1.17 bits per heavy atom. The summed E-state index contributed by atoms with van der Waals surface area (Å²) in [5.41, 5.74) is 4.20. The Kier molecular flexibility index (Phi) is 6.66. The number of aryl methyl sites for hydroxylation is 1. The van der Waals surface area contributed by atoms with Crippen molar-refractivity contribution in [2.24, 2.45) is 0 Å². The molecule has 0 aliphatic carbocycles. The number of furan rings is 2. The first kappa shape index (κ1) is 22.9. The lowest BCUT2D eigenvalue weighted by Crippen LogP contribution is -1.97. The van der Waals surface area contributed by atoms with Crippen molar-refractivity contribution in [3.63, 3.8) is 0 Å². The second-order valence-corrected chi connectivity index (χ2v) is 9.02. The average molecular weight is 468 g/mol. The molecule has 178 valence electrons. The van der Waals surface area contributed by atoms with Crippen LogP contribution in [0.2, 0.25) is 0 Å². The van der Waals surface area contributed by atoms with Crippen LogP contribution in [-0.2, 0) is 6.54 Å². The summed E-state index contributed by atoms with van der Waals surface area (Å²) in [6, 6.07) is 19.7. The monoisotopic (exact) mass is 467 g/mol. The van der Waals surface area contributed by atoms with Crippen molar-refractivity contribution in [1.29, 1.82) is 0 Å². The van der Waals surface area contributed by atoms with E-state index in [0.29, 0.717) is 23.0 Å². The van der Waals surface area contributed by atoms with Crippen LogP contribution in [0.4, 0.5) is 0 Å².